The number of nitrogens with zero attached hydrogens (tertiary/aromatic N) is 6. The van der Waals surface area contributed by atoms with Crippen LogP contribution in [0.2, 0.25) is 0 Å². The molecule has 158 valence electrons. The van der Waals surface area contributed by atoms with Gasteiger partial charge in [-0.1, -0.05) is 5.21 Å². The number of hydrogen-bond acceptors (Lipinski definition) is 10. The number of quaternary nitrogens is 1. The van der Waals surface area contributed by atoms with Crippen LogP contribution in [0.1, 0.15) is 21.7 Å². The highest BCUT2D eigenvalue weighted by molar-refractivity contribution is 5.94. The molecule has 1 amide bonds. The Labute approximate surface area is 171 Å². The number of amides is 1. The highest BCUT2D eigenvalue weighted by atomic mass is 16.6. The zero-order valence-corrected chi connectivity index (χ0v) is 16.9. The summed E-state index contributed by atoms with van der Waals surface area (Å²) in [5.41, 5.74) is 9.36. The van der Waals surface area contributed by atoms with E-state index in [-0.39, 0.29) is 17.3 Å². The van der Waals surface area contributed by atoms with Crippen LogP contribution >= 0.6 is 0 Å². The minimum atomic E-state index is -0.550. The lowest BCUT2D eigenvalue weighted by molar-refractivity contribution is -0.873. The average molecular weight is 416 g/mol. The number of nitrogens with one attached hydrogen (secondary N) is 2. The molecule has 0 fully saturated rings. The quantitative estimate of drug-likeness (QED) is 0.298. The summed E-state index contributed by atoms with van der Waals surface area (Å²) in [6.07, 6.45) is 1.44. The summed E-state index contributed by atoms with van der Waals surface area (Å²) in [7, 11) is 6.92. The number of carbonyl (C=O) groups is 1. The molecule has 0 aliphatic rings. The van der Waals surface area contributed by atoms with E-state index in [1.807, 2.05) is 14.1 Å². The number of methoxy groups -OCH3 is 2. The lowest BCUT2D eigenvalue weighted by atomic mass is 10.2. The zero-order valence-electron chi connectivity index (χ0n) is 16.9. The number of anilines is 1. The summed E-state index contributed by atoms with van der Waals surface area (Å²) < 4.78 is 16.4. The Hall–Kier alpha value is -4.00. The van der Waals surface area contributed by atoms with E-state index in [9.17, 15) is 4.79 Å². The van der Waals surface area contributed by atoms with E-state index in [0.29, 0.717) is 29.3 Å². The molecule has 3 rings (SSSR count). The van der Waals surface area contributed by atoms with Gasteiger partial charge in [0.2, 0.25) is 11.6 Å². The maximum absolute atomic E-state index is 12.7. The van der Waals surface area contributed by atoms with Crippen LogP contribution in [-0.4, -0.2) is 65.7 Å². The third kappa shape index (κ3) is 4.35. The van der Waals surface area contributed by atoms with Crippen molar-refractivity contribution in [1.29, 1.82) is 0 Å². The van der Waals surface area contributed by atoms with Crippen LogP contribution in [0.3, 0.4) is 0 Å². The fraction of sp³-hybridized carbons (Fsp3) is 0.294. The summed E-state index contributed by atoms with van der Waals surface area (Å²) in [5, 5.41) is 19.2. The van der Waals surface area contributed by atoms with Crippen LogP contribution in [0.25, 0.3) is 5.82 Å². The molecule has 2 heterocycles. The maximum atomic E-state index is 12.7. The van der Waals surface area contributed by atoms with Crippen LogP contribution in [0, 0.1) is 0 Å². The number of nitrogens with two attached hydrogens (primary N) is 1. The number of ether oxygens (including phenoxy) is 2. The van der Waals surface area contributed by atoms with E-state index in [1.165, 1.54) is 18.0 Å². The van der Waals surface area contributed by atoms with E-state index >= 15 is 0 Å². The molecule has 13 nitrogen and oxygen atoms in total. The van der Waals surface area contributed by atoms with Gasteiger partial charge in [-0.15, -0.1) is 5.10 Å². The Morgan fingerprint density at radius 1 is 1.33 bits per heavy atom. The van der Waals surface area contributed by atoms with Crippen molar-refractivity contribution in [2.24, 2.45) is 5.10 Å². The summed E-state index contributed by atoms with van der Waals surface area (Å²) >= 11 is 0. The van der Waals surface area contributed by atoms with Crippen molar-refractivity contribution in [3.63, 3.8) is 0 Å². The zero-order chi connectivity index (χ0) is 21.7. The number of carbonyl (C=O) groups excluding carboxylic acids is 1. The van der Waals surface area contributed by atoms with E-state index in [4.69, 9.17) is 15.2 Å². The summed E-state index contributed by atoms with van der Waals surface area (Å²) in [6, 6.07) is 5.22. The van der Waals surface area contributed by atoms with Crippen LogP contribution in [-0.2, 0) is 6.54 Å². The average Bonchev–Trinajstić information content (AvgIpc) is 3.33. The van der Waals surface area contributed by atoms with Gasteiger partial charge in [-0.05, 0) is 28.5 Å². The Balaban J connectivity index is 1.85. The van der Waals surface area contributed by atoms with Gasteiger partial charge in [0.05, 0.1) is 34.5 Å². The Kier molecular flexibility index (Phi) is 6.22. The predicted octanol–water partition coefficient (Wildman–Crippen LogP) is -1.34. The predicted molar refractivity (Wildman–Crippen MR) is 105 cm³/mol. The largest absolute Gasteiger partial charge is 0.497 e. The first-order valence-corrected chi connectivity index (χ1v) is 8.82. The first-order chi connectivity index (χ1) is 14.4. The Bertz CT molecular complexity index is 1060. The molecular formula is C17H22N9O4+. The van der Waals surface area contributed by atoms with Gasteiger partial charge in [-0.25, -0.2) is 10.1 Å². The number of rotatable bonds is 8. The fourth-order valence-electron chi connectivity index (χ4n) is 2.63. The Morgan fingerprint density at radius 2 is 2.13 bits per heavy atom. The van der Waals surface area contributed by atoms with Crippen molar-refractivity contribution in [2.45, 2.75) is 6.54 Å². The van der Waals surface area contributed by atoms with Crippen LogP contribution in [0.4, 0.5) is 5.82 Å². The molecule has 0 saturated carbocycles. The van der Waals surface area contributed by atoms with Gasteiger partial charge in [0.15, 0.2) is 5.69 Å². The van der Waals surface area contributed by atoms with Crippen molar-refractivity contribution in [3.05, 3.63) is 35.2 Å². The highest BCUT2D eigenvalue weighted by Crippen LogP contribution is 2.22. The van der Waals surface area contributed by atoms with Gasteiger partial charge in [-0.3, -0.25) is 4.79 Å². The molecule has 13 heteroatoms. The minimum Gasteiger partial charge on any atom is -0.497 e. The number of hydrogen-bond donors (Lipinski definition) is 3. The molecule has 3 aromatic rings. The topological polar surface area (TPSA) is 160 Å². The van der Waals surface area contributed by atoms with Crippen molar-refractivity contribution < 1.29 is 23.8 Å². The lowest BCUT2D eigenvalue weighted by Crippen LogP contribution is -3.04. The molecule has 0 bridgehead atoms. The molecule has 0 radical (unpaired) electrons. The fourth-order valence-corrected chi connectivity index (χ4v) is 2.63. The third-order valence-corrected chi connectivity index (χ3v) is 4.00. The molecule has 0 aliphatic carbocycles. The molecule has 0 atom stereocenters. The summed E-state index contributed by atoms with van der Waals surface area (Å²) in [6.45, 7) is 0.412. The first-order valence-electron chi connectivity index (χ1n) is 8.82. The minimum absolute atomic E-state index is 0.0324. The second-order valence-electron chi connectivity index (χ2n) is 6.46. The first kappa shape index (κ1) is 20.7. The maximum Gasteiger partial charge on any atom is 0.294 e. The van der Waals surface area contributed by atoms with E-state index in [1.54, 1.807) is 25.3 Å². The van der Waals surface area contributed by atoms with Gasteiger partial charge in [0.1, 0.15) is 23.7 Å². The van der Waals surface area contributed by atoms with Crippen LogP contribution in [0.5, 0.6) is 11.5 Å². The number of nitrogen functional groups attached to an aromatic ring is 1. The van der Waals surface area contributed by atoms with E-state index in [2.05, 4.69) is 35.8 Å². The molecule has 0 spiro atoms. The molecular weight excluding hydrogens is 394 g/mol. The van der Waals surface area contributed by atoms with Gasteiger partial charge in [-0.2, -0.15) is 9.78 Å². The molecule has 4 N–H and O–H groups in total. The van der Waals surface area contributed by atoms with E-state index in [0.717, 1.165) is 4.90 Å². The van der Waals surface area contributed by atoms with Crippen LogP contribution < -0.4 is 25.5 Å². The molecule has 30 heavy (non-hydrogen) atoms. The molecule has 1 aromatic carbocycles. The normalized spacial score (nSPS) is 11.2. The van der Waals surface area contributed by atoms with E-state index < -0.39 is 5.91 Å². The molecule has 0 unspecified atom stereocenters. The number of hydrazone groups is 1. The number of aromatic nitrogens is 5. The lowest BCUT2D eigenvalue weighted by Gasteiger charge is -2.09. The van der Waals surface area contributed by atoms with Gasteiger partial charge in [0, 0.05) is 5.56 Å². The summed E-state index contributed by atoms with van der Waals surface area (Å²) in [5.74, 6) is 0.838. The summed E-state index contributed by atoms with van der Waals surface area (Å²) in [4.78, 5) is 13.7. The van der Waals surface area contributed by atoms with Gasteiger partial charge >= 0.3 is 0 Å². The van der Waals surface area contributed by atoms with Crippen molar-refractivity contribution >= 4 is 17.9 Å². The standard InChI is InChI=1S/C17H21N9O4/c1-25(2)9-12-14(20-24-26(12)16-15(18)22-30-23-16)17(27)21-19-8-10-7-11(28-3)5-6-13(10)29-4/h5-8H,9H2,1-4H3,(H2,18,22)(H,21,27)/p+1/b19-8-. The van der Waals surface area contributed by atoms with Gasteiger partial charge in [0.25, 0.3) is 5.91 Å². The van der Waals surface area contributed by atoms with Crippen LogP contribution in [0.15, 0.2) is 27.9 Å². The van der Waals surface area contributed by atoms with Gasteiger partial charge < -0.3 is 20.1 Å². The number of benzene rings is 1. The van der Waals surface area contributed by atoms with Crippen molar-refractivity contribution in [2.75, 3.05) is 34.0 Å². The van der Waals surface area contributed by atoms with Crippen molar-refractivity contribution in [1.82, 2.24) is 30.7 Å². The van der Waals surface area contributed by atoms with Crippen molar-refractivity contribution in [3.8, 4) is 17.3 Å². The highest BCUT2D eigenvalue weighted by Gasteiger charge is 2.25. The molecule has 0 aliphatic heterocycles. The second-order valence-corrected chi connectivity index (χ2v) is 6.46. The molecule has 2 aromatic heterocycles. The molecule has 0 saturated heterocycles. The Morgan fingerprint density at radius 3 is 2.77 bits per heavy atom. The third-order valence-electron chi connectivity index (χ3n) is 4.00. The SMILES string of the molecule is COc1ccc(OC)c(/C=N\NC(=O)c2nnn(-c3nonc3N)c2C[NH+](C)C)c1. The smallest absolute Gasteiger partial charge is 0.294 e. The second kappa shape index (κ2) is 9.00. The monoisotopic (exact) mass is 416 g/mol.